The van der Waals surface area contributed by atoms with E-state index < -0.39 is 47.7 Å². The topological polar surface area (TPSA) is 214 Å². The molecule has 7 N–H and O–H groups in total. The molecule has 0 bridgehead atoms. The summed E-state index contributed by atoms with van der Waals surface area (Å²) in [7, 11) is 0. The van der Waals surface area contributed by atoms with Crippen LogP contribution in [0.15, 0.2) is 18.2 Å². The van der Waals surface area contributed by atoms with Crippen molar-refractivity contribution >= 4 is 35.3 Å². The van der Waals surface area contributed by atoms with Gasteiger partial charge < -0.3 is 51.0 Å². The van der Waals surface area contributed by atoms with Gasteiger partial charge in [-0.15, -0.1) is 0 Å². The van der Waals surface area contributed by atoms with Crippen LogP contribution < -0.4 is 31.3 Å². The van der Waals surface area contributed by atoms with Gasteiger partial charge in [0.1, 0.15) is 18.5 Å². The number of esters is 1. The van der Waals surface area contributed by atoms with Gasteiger partial charge >= 0.3 is 5.97 Å². The number of amides is 4. The Kier molecular flexibility index (Phi) is 17.1. The van der Waals surface area contributed by atoms with Gasteiger partial charge in [0, 0.05) is 44.0 Å². The highest BCUT2D eigenvalue weighted by Crippen LogP contribution is 2.31. The van der Waals surface area contributed by atoms with E-state index in [9.17, 15) is 29.1 Å². The molecule has 282 valence electrons. The van der Waals surface area contributed by atoms with Gasteiger partial charge in [-0.05, 0) is 30.0 Å². The Morgan fingerprint density at radius 3 is 2.28 bits per heavy atom. The minimum absolute atomic E-state index is 0.00906. The fourth-order valence-electron chi connectivity index (χ4n) is 4.93. The van der Waals surface area contributed by atoms with E-state index in [0.717, 1.165) is 0 Å². The molecule has 2 rings (SSSR count). The van der Waals surface area contributed by atoms with Gasteiger partial charge in [0.2, 0.25) is 29.9 Å². The first kappa shape index (κ1) is 42.4. The molecule has 0 spiro atoms. The van der Waals surface area contributed by atoms with Crippen LogP contribution in [0.2, 0.25) is 0 Å². The molecule has 1 aliphatic rings. The third kappa shape index (κ3) is 14.2. The van der Waals surface area contributed by atoms with Gasteiger partial charge in [-0.2, -0.15) is 0 Å². The van der Waals surface area contributed by atoms with Crippen LogP contribution in [0.25, 0.3) is 0 Å². The van der Waals surface area contributed by atoms with Crippen LogP contribution in [0.3, 0.4) is 0 Å². The number of nitrogens with one attached hydrogen (secondary N) is 5. The van der Waals surface area contributed by atoms with E-state index in [0.29, 0.717) is 12.0 Å². The molecule has 15 nitrogen and oxygen atoms in total. The quantitative estimate of drug-likeness (QED) is 0.0805. The lowest BCUT2D eigenvalue weighted by atomic mass is 9.89. The van der Waals surface area contributed by atoms with E-state index >= 15 is 0 Å². The van der Waals surface area contributed by atoms with E-state index in [1.54, 1.807) is 45.9 Å². The molecule has 0 aromatic heterocycles. The summed E-state index contributed by atoms with van der Waals surface area (Å²) in [6.07, 6.45) is -2.77. The molecule has 15 heteroatoms. The molecule has 0 radical (unpaired) electrons. The van der Waals surface area contributed by atoms with Crippen LogP contribution in [0.5, 0.6) is 5.75 Å². The maximum atomic E-state index is 13.0. The summed E-state index contributed by atoms with van der Waals surface area (Å²) in [6, 6.07) is 4.34. The summed E-state index contributed by atoms with van der Waals surface area (Å²) in [5.74, 6) is -2.21. The molecular formula is C35H57N5O10. The summed E-state index contributed by atoms with van der Waals surface area (Å²) < 4.78 is 17.4. The minimum atomic E-state index is -1.09. The third-order valence-electron chi connectivity index (χ3n) is 7.94. The molecule has 1 fully saturated rings. The van der Waals surface area contributed by atoms with Gasteiger partial charge in [-0.1, -0.05) is 61.5 Å². The maximum Gasteiger partial charge on any atom is 0.308 e. The molecule has 50 heavy (non-hydrogen) atoms. The zero-order chi connectivity index (χ0) is 37.6. The number of rotatable bonds is 19. The molecule has 1 saturated heterocycles. The fourth-order valence-corrected chi connectivity index (χ4v) is 4.93. The van der Waals surface area contributed by atoms with Gasteiger partial charge in [0.15, 0.2) is 0 Å². The van der Waals surface area contributed by atoms with Gasteiger partial charge in [-0.25, -0.2) is 0 Å². The van der Waals surface area contributed by atoms with E-state index in [1.165, 1.54) is 0 Å². The molecule has 1 heterocycles. The monoisotopic (exact) mass is 707 g/mol. The lowest BCUT2D eigenvalue weighted by Crippen LogP contribution is -2.51. The van der Waals surface area contributed by atoms with Crippen molar-refractivity contribution in [2.24, 2.45) is 17.3 Å². The van der Waals surface area contributed by atoms with Crippen LogP contribution in [-0.2, 0) is 40.1 Å². The molecule has 1 aromatic carbocycles. The number of hydrogen-bond acceptors (Lipinski definition) is 11. The molecule has 1 aliphatic heterocycles. The van der Waals surface area contributed by atoms with Crippen LogP contribution in [0, 0.1) is 17.3 Å². The third-order valence-corrected chi connectivity index (χ3v) is 7.94. The Bertz CT molecular complexity index is 1300. The lowest BCUT2D eigenvalue weighted by Gasteiger charge is -2.33. The zero-order valence-electron chi connectivity index (χ0n) is 30.6. The van der Waals surface area contributed by atoms with Crippen molar-refractivity contribution in [1.82, 2.24) is 21.3 Å². The van der Waals surface area contributed by atoms with E-state index in [4.69, 9.17) is 19.3 Å². The van der Waals surface area contributed by atoms with Crippen molar-refractivity contribution in [2.75, 3.05) is 31.6 Å². The van der Waals surface area contributed by atoms with Crippen molar-refractivity contribution < 1.29 is 48.4 Å². The minimum Gasteiger partial charge on any atom is -0.463 e. The second kappa shape index (κ2) is 20.2. The lowest BCUT2D eigenvalue weighted by molar-refractivity contribution is -0.184. The number of aliphatic hydroxyl groups is 2. The highest BCUT2D eigenvalue weighted by molar-refractivity contribution is 5.96. The molecule has 0 saturated carbocycles. The SMILES string of the molecule is CC(C)NC(C(=O)NCC(=O)Nc1ccc(COC(=O)C(C)C)cc1OC1CC(O)CC(C(=O)NCCNC(=O)C(C)(C)CCO)O1)C(C)C. The summed E-state index contributed by atoms with van der Waals surface area (Å²) in [5, 5.41) is 33.8. The zero-order valence-corrected chi connectivity index (χ0v) is 30.6. The highest BCUT2D eigenvalue weighted by Gasteiger charge is 2.35. The second-order valence-corrected chi connectivity index (χ2v) is 14.1. The molecule has 1 aromatic rings. The Morgan fingerprint density at radius 2 is 1.66 bits per heavy atom. The van der Waals surface area contributed by atoms with Crippen molar-refractivity contribution in [3.63, 3.8) is 0 Å². The number of hydrogen-bond donors (Lipinski definition) is 7. The fraction of sp³-hybridized carbons (Fsp3) is 0.686. The standard InChI is InChI=1S/C35H57N5O10/c1-20(2)30(39-22(5)6)32(45)38-18-28(43)40-25-10-9-23(19-48-33(46)21(3)4)15-26(25)49-29-17-24(42)16-27(50-29)31(44)36-12-13-37-34(47)35(7,8)11-14-41/h9-10,15,20-22,24,27,29-30,39,41-42H,11-14,16-19H2,1-8H3,(H,36,44)(H,37,47)(H,38,45)(H,40,43). The van der Waals surface area contributed by atoms with Gasteiger partial charge in [0.25, 0.3) is 0 Å². The Labute approximate surface area is 294 Å². The summed E-state index contributed by atoms with van der Waals surface area (Å²) in [6.45, 7) is 14.3. The van der Waals surface area contributed by atoms with Crippen molar-refractivity contribution in [3.8, 4) is 5.75 Å². The summed E-state index contributed by atoms with van der Waals surface area (Å²) in [5.41, 5.74) is 0.0181. The number of carbonyl (C=O) groups excluding carboxylic acids is 5. The Hall–Kier alpha value is -3.79. The first-order chi connectivity index (χ1) is 23.4. The number of benzene rings is 1. The van der Waals surface area contributed by atoms with Crippen molar-refractivity contribution in [2.45, 2.75) is 112 Å². The average Bonchev–Trinajstić information content (AvgIpc) is 3.03. The Morgan fingerprint density at radius 1 is 0.980 bits per heavy atom. The average molecular weight is 708 g/mol. The predicted molar refractivity (Wildman–Crippen MR) is 186 cm³/mol. The van der Waals surface area contributed by atoms with Crippen molar-refractivity contribution in [3.05, 3.63) is 23.8 Å². The van der Waals surface area contributed by atoms with Crippen LogP contribution >= 0.6 is 0 Å². The predicted octanol–water partition coefficient (Wildman–Crippen LogP) is 1.35. The normalized spacial score (nSPS) is 18.4. The van der Waals surface area contributed by atoms with Crippen LogP contribution in [-0.4, -0.2) is 96.6 Å². The molecule has 4 atom stereocenters. The molecule has 0 aliphatic carbocycles. The summed E-state index contributed by atoms with van der Waals surface area (Å²) in [4.78, 5) is 63.1. The van der Waals surface area contributed by atoms with Gasteiger partial charge in [-0.3, -0.25) is 24.0 Å². The second-order valence-electron chi connectivity index (χ2n) is 14.1. The number of aliphatic hydroxyl groups excluding tert-OH is 2. The largest absolute Gasteiger partial charge is 0.463 e. The maximum absolute atomic E-state index is 13.0. The van der Waals surface area contributed by atoms with Crippen LogP contribution in [0.1, 0.15) is 80.2 Å². The van der Waals surface area contributed by atoms with E-state index in [-0.39, 0.29) is 86.8 Å². The molecule has 4 amide bonds. The highest BCUT2D eigenvalue weighted by atomic mass is 16.7. The molecule has 4 unspecified atom stereocenters. The summed E-state index contributed by atoms with van der Waals surface area (Å²) >= 11 is 0. The Balaban J connectivity index is 2.13. The number of ether oxygens (including phenoxy) is 3. The first-order valence-electron chi connectivity index (χ1n) is 17.2. The first-order valence-corrected chi connectivity index (χ1v) is 17.2. The van der Waals surface area contributed by atoms with Gasteiger partial charge in [0.05, 0.1) is 30.3 Å². The smallest absolute Gasteiger partial charge is 0.308 e. The van der Waals surface area contributed by atoms with Crippen LogP contribution in [0.4, 0.5) is 5.69 Å². The van der Waals surface area contributed by atoms with E-state index in [1.807, 2.05) is 27.7 Å². The number of carbonyl (C=O) groups is 5. The molecular weight excluding hydrogens is 650 g/mol. The van der Waals surface area contributed by atoms with E-state index in [2.05, 4.69) is 26.6 Å². The van der Waals surface area contributed by atoms with Crippen molar-refractivity contribution in [1.29, 1.82) is 0 Å². The number of anilines is 1.